The average Bonchev–Trinajstić information content (AvgIpc) is 2.69. The number of nitrogens with zero attached hydrogens (tertiary/aromatic N) is 2. The Bertz CT molecular complexity index is 661. The van der Waals surface area contributed by atoms with Crippen LogP contribution < -0.4 is 10.6 Å². The monoisotopic (exact) mass is 350 g/mol. The molecule has 2 N–H and O–H groups in total. The third kappa shape index (κ3) is 5.88. The highest BCUT2D eigenvalue weighted by molar-refractivity contribution is 5.80. The topological polar surface area (TPSA) is 39.7 Å². The fourth-order valence-corrected chi connectivity index (χ4v) is 3.34. The van der Waals surface area contributed by atoms with Gasteiger partial charge in [-0.25, -0.2) is 4.99 Å². The second-order valence-corrected chi connectivity index (χ2v) is 6.86. The Morgan fingerprint density at radius 1 is 0.962 bits per heavy atom. The van der Waals surface area contributed by atoms with E-state index in [2.05, 4.69) is 77.1 Å². The maximum absolute atomic E-state index is 4.75. The first-order valence-electron chi connectivity index (χ1n) is 9.68. The molecular weight excluding hydrogens is 320 g/mol. The SMILES string of the molecule is CCNC(=NCc1ccccc1)NC1CCN(Cc2ccccc2)CC1. The highest BCUT2D eigenvalue weighted by Crippen LogP contribution is 2.14. The molecule has 0 unspecified atom stereocenters. The number of aliphatic imine (C=N–C) groups is 1. The minimum Gasteiger partial charge on any atom is -0.357 e. The predicted molar refractivity (Wildman–Crippen MR) is 109 cm³/mol. The van der Waals surface area contributed by atoms with Crippen LogP contribution >= 0.6 is 0 Å². The van der Waals surface area contributed by atoms with Gasteiger partial charge < -0.3 is 10.6 Å². The van der Waals surface area contributed by atoms with Gasteiger partial charge in [-0.1, -0.05) is 60.7 Å². The van der Waals surface area contributed by atoms with E-state index in [0.717, 1.165) is 45.0 Å². The van der Waals surface area contributed by atoms with Crippen molar-refractivity contribution in [3.05, 3.63) is 71.8 Å². The van der Waals surface area contributed by atoms with Crippen LogP contribution in [0.1, 0.15) is 30.9 Å². The van der Waals surface area contributed by atoms with Crippen LogP contribution in [0.2, 0.25) is 0 Å². The zero-order chi connectivity index (χ0) is 18.0. The van der Waals surface area contributed by atoms with Crippen molar-refractivity contribution >= 4 is 5.96 Å². The molecule has 0 aromatic heterocycles. The van der Waals surface area contributed by atoms with Crippen molar-refractivity contribution in [2.45, 2.75) is 38.9 Å². The molecule has 1 heterocycles. The van der Waals surface area contributed by atoms with Crippen molar-refractivity contribution in [2.24, 2.45) is 4.99 Å². The standard InChI is InChI=1S/C22H30N4/c1-2-23-22(24-17-19-9-5-3-6-10-19)25-21-13-15-26(16-14-21)18-20-11-7-4-8-12-20/h3-12,21H,2,13-18H2,1H3,(H2,23,24,25). The summed E-state index contributed by atoms with van der Waals surface area (Å²) in [5, 5.41) is 7.00. The van der Waals surface area contributed by atoms with Crippen molar-refractivity contribution in [3.63, 3.8) is 0 Å². The number of benzene rings is 2. The van der Waals surface area contributed by atoms with Gasteiger partial charge in [-0.2, -0.15) is 0 Å². The maximum atomic E-state index is 4.75. The molecule has 26 heavy (non-hydrogen) atoms. The van der Waals surface area contributed by atoms with E-state index in [1.807, 2.05) is 6.07 Å². The zero-order valence-corrected chi connectivity index (χ0v) is 15.7. The first kappa shape index (κ1) is 18.5. The smallest absolute Gasteiger partial charge is 0.191 e. The van der Waals surface area contributed by atoms with Gasteiger partial charge in [-0.15, -0.1) is 0 Å². The van der Waals surface area contributed by atoms with Crippen molar-refractivity contribution in [1.82, 2.24) is 15.5 Å². The fourth-order valence-electron chi connectivity index (χ4n) is 3.34. The zero-order valence-electron chi connectivity index (χ0n) is 15.7. The molecule has 4 nitrogen and oxygen atoms in total. The largest absolute Gasteiger partial charge is 0.357 e. The van der Waals surface area contributed by atoms with Crippen LogP contribution in [-0.4, -0.2) is 36.5 Å². The van der Waals surface area contributed by atoms with Gasteiger partial charge in [0.2, 0.25) is 0 Å². The molecule has 1 saturated heterocycles. The van der Waals surface area contributed by atoms with Gasteiger partial charge in [-0.05, 0) is 30.9 Å². The van der Waals surface area contributed by atoms with E-state index >= 15 is 0 Å². The maximum Gasteiger partial charge on any atom is 0.191 e. The fraction of sp³-hybridized carbons (Fsp3) is 0.409. The molecule has 0 atom stereocenters. The summed E-state index contributed by atoms with van der Waals surface area (Å²) in [7, 11) is 0. The molecule has 1 aliphatic heterocycles. The third-order valence-corrected chi connectivity index (χ3v) is 4.78. The van der Waals surface area contributed by atoms with E-state index in [1.165, 1.54) is 11.1 Å². The normalized spacial score (nSPS) is 16.4. The number of rotatable bonds is 6. The Morgan fingerprint density at radius 3 is 2.19 bits per heavy atom. The Labute approximate surface area is 157 Å². The molecule has 1 aliphatic rings. The minimum atomic E-state index is 0.496. The summed E-state index contributed by atoms with van der Waals surface area (Å²) in [5.74, 6) is 0.929. The molecule has 0 saturated carbocycles. The molecular formula is C22H30N4. The summed E-state index contributed by atoms with van der Waals surface area (Å²) in [6.07, 6.45) is 2.31. The van der Waals surface area contributed by atoms with Crippen LogP contribution in [0, 0.1) is 0 Å². The first-order chi connectivity index (χ1) is 12.8. The third-order valence-electron chi connectivity index (χ3n) is 4.78. The molecule has 0 radical (unpaired) electrons. The lowest BCUT2D eigenvalue weighted by Crippen LogP contribution is -2.48. The first-order valence-corrected chi connectivity index (χ1v) is 9.68. The van der Waals surface area contributed by atoms with Crippen molar-refractivity contribution in [1.29, 1.82) is 0 Å². The van der Waals surface area contributed by atoms with Gasteiger partial charge in [0.15, 0.2) is 5.96 Å². The summed E-state index contributed by atoms with van der Waals surface area (Å²) >= 11 is 0. The average molecular weight is 351 g/mol. The van der Waals surface area contributed by atoms with Crippen LogP contribution in [-0.2, 0) is 13.1 Å². The molecule has 4 heteroatoms. The lowest BCUT2D eigenvalue weighted by Gasteiger charge is -2.33. The van der Waals surface area contributed by atoms with E-state index in [-0.39, 0.29) is 0 Å². The molecule has 2 aromatic carbocycles. The number of hydrogen-bond donors (Lipinski definition) is 2. The number of piperidine rings is 1. The van der Waals surface area contributed by atoms with Gasteiger partial charge in [-0.3, -0.25) is 4.90 Å². The van der Waals surface area contributed by atoms with Gasteiger partial charge in [0.05, 0.1) is 6.54 Å². The van der Waals surface area contributed by atoms with E-state index in [9.17, 15) is 0 Å². The highest BCUT2D eigenvalue weighted by atomic mass is 15.2. The number of guanidine groups is 1. The molecule has 0 spiro atoms. The summed E-state index contributed by atoms with van der Waals surface area (Å²) in [5.41, 5.74) is 2.64. The van der Waals surface area contributed by atoms with E-state index in [4.69, 9.17) is 4.99 Å². The van der Waals surface area contributed by atoms with Crippen molar-refractivity contribution in [2.75, 3.05) is 19.6 Å². The van der Waals surface area contributed by atoms with E-state index in [0.29, 0.717) is 12.6 Å². The molecule has 138 valence electrons. The van der Waals surface area contributed by atoms with Gasteiger partial charge in [0.25, 0.3) is 0 Å². The van der Waals surface area contributed by atoms with Crippen LogP contribution in [0.5, 0.6) is 0 Å². The van der Waals surface area contributed by atoms with Crippen LogP contribution in [0.15, 0.2) is 65.7 Å². The van der Waals surface area contributed by atoms with Crippen molar-refractivity contribution < 1.29 is 0 Å². The Morgan fingerprint density at radius 2 is 1.58 bits per heavy atom. The van der Waals surface area contributed by atoms with Crippen molar-refractivity contribution in [3.8, 4) is 0 Å². The molecule has 0 amide bonds. The molecule has 3 rings (SSSR count). The predicted octanol–water partition coefficient (Wildman–Crippen LogP) is 3.41. The second-order valence-electron chi connectivity index (χ2n) is 6.86. The minimum absolute atomic E-state index is 0.496. The van der Waals surface area contributed by atoms with Crippen LogP contribution in [0.4, 0.5) is 0 Å². The quantitative estimate of drug-likeness (QED) is 0.619. The van der Waals surface area contributed by atoms with Gasteiger partial charge in [0, 0.05) is 32.2 Å². The van der Waals surface area contributed by atoms with E-state index in [1.54, 1.807) is 0 Å². The summed E-state index contributed by atoms with van der Waals surface area (Å²) in [6, 6.07) is 21.6. The number of hydrogen-bond acceptors (Lipinski definition) is 2. The summed E-state index contributed by atoms with van der Waals surface area (Å²) < 4.78 is 0. The molecule has 0 bridgehead atoms. The van der Waals surface area contributed by atoms with Crippen LogP contribution in [0.25, 0.3) is 0 Å². The molecule has 1 fully saturated rings. The number of nitrogens with one attached hydrogen (secondary N) is 2. The molecule has 2 aromatic rings. The highest BCUT2D eigenvalue weighted by Gasteiger charge is 2.19. The number of likely N-dealkylation sites (tertiary alicyclic amines) is 1. The lowest BCUT2D eigenvalue weighted by molar-refractivity contribution is 0.198. The molecule has 0 aliphatic carbocycles. The summed E-state index contributed by atoms with van der Waals surface area (Å²) in [4.78, 5) is 7.29. The Hall–Kier alpha value is -2.33. The Balaban J connectivity index is 1.48. The van der Waals surface area contributed by atoms with Gasteiger partial charge >= 0.3 is 0 Å². The van der Waals surface area contributed by atoms with E-state index < -0.39 is 0 Å². The second kappa shape index (κ2) is 9.97. The lowest BCUT2D eigenvalue weighted by atomic mass is 10.0. The summed E-state index contributed by atoms with van der Waals surface area (Å²) in [6.45, 7) is 7.02. The van der Waals surface area contributed by atoms with Gasteiger partial charge in [0.1, 0.15) is 0 Å². The Kier molecular flexibility index (Phi) is 7.08. The van der Waals surface area contributed by atoms with Crippen LogP contribution in [0.3, 0.4) is 0 Å².